The van der Waals surface area contributed by atoms with Crippen molar-refractivity contribution in [3.05, 3.63) is 47.7 Å². The molecule has 9 nitrogen and oxygen atoms in total. The second kappa shape index (κ2) is 9.99. The van der Waals surface area contributed by atoms with Crippen LogP contribution in [-0.2, 0) is 17.8 Å². The Labute approximate surface area is 216 Å². The number of rotatable bonds is 7. The smallest absolute Gasteiger partial charge is 0.270 e. The Morgan fingerprint density at radius 1 is 1.18 bits per heavy atom. The number of nitrogens with one attached hydrogen (secondary N) is 2. The van der Waals surface area contributed by atoms with Gasteiger partial charge in [-0.15, -0.1) is 0 Å². The van der Waals surface area contributed by atoms with Gasteiger partial charge in [0.05, 0.1) is 30.2 Å². The highest BCUT2D eigenvalue weighted by atomic mass is 19.3. The highest BCUT2D eigenvalue weighted by molar-refractivity contribution is 5.92. The van der Waals surface area contributed by atoms with Crippen LogP contribution in [0.25, 0.3) is 5.65 Å². The Morgan fingerprint density at radius 3 is 2.68 bits per heavy atom. The van der Waals surface area contributed by atoms with Gasteiger partial charge in [-0.1, -0.05) is 0 Å². The Kier molecular flexibility index (Phi) is 6.86. The van der Waals surface area contributed by atoms with E-state index in [1.54, 1.807) is 29.1 Å². The summed E-state index contributed by atoms with van der Waals surface area (Å²) in [5, 5.41) is 13.8. The number of fused-ring (bicyclic) bond motifs is 1. The molecule has 1 aliphatic carbocycles. The van der Waals surface area contributed by atoms with Crippen molar-refractivity contribution in [2.75, 3.05) is 6.54 Å². The molecule has 2 aliphatic rings. The Balaban J connectivity index is 1.41. The average Bonchev–Trinajstić information content (AvgIpc) is 3.51. The van der Waals surface area contributed by atoms with Crippen LogP contribution in [0, 0.1) is 11.8 Å². The zero-order valence-electron chi connectivity index (χ0n) is 20.8. The number of aryl methyl sites for hydroxylation is 1. The number of hydrogen-bond acceptors (Lipinski definition) is 5. The van der Waals surface area contributed by atoms with Crippen molar-refractivity contribution in [1.82, 2.24) is 35.0 Å². The first kappa shape index (κ1) is 26.1. The van der Waals surface area contributed by atoms with Gasteiger partial charge in [-0.25, -0.2) is 27.1 Å². The predicted octanol–water partition coefficient (Wildman–Crippen LogP) is 3.56. The quantitative estimate of drug-likeness (QED) is 0.450. The first-order chi connectivity index (χ1) is 18.0. The maximum Gasteiger partial charge on any atom is 0.270 e. The third-order valence-corrected chi connectivity index (χ3v) is 7.37. The fraction of sp³-hybridized carbons (Fsp3) is 0.560. The molecule has 5 rings (SSSR count). The summed E-state index contributed by atoms with van der Waals surface area (Å²) in [4.78, 5) is 29.9. The molecule has 1 aliphatic heterocycles. The normalized spacial score (nSPS) is 22.2. The maximum atomic E-state index is 13.9. The zero-order valence-corrected chi connectivity index (χ0v) is 20.8. The van der Waals surface area contributed by atoms with Gasteiger partial charge in [0.25, 0.3) is 11.8 Å². The van der Waals surface area contributed by atoms with Crippen molar-refractivity contribution >= 4 is 17.5 Å². The number of imidazole rings is 1. The van der Waals surface area contributed by atoms with Gasteiger partial charge in [-0.3, -0.25) is 14.3 Å². The largest absolute Gasteiger partial charge is 0.350 e. The summed E-state index contributed by atoms with van der Waals surface area (Å²) in [6.07, 6.45) is 2.48. The number of carbonyl (C=O) groups excluding carboxylic acids is 2. The van der Waals surface area contributed by atoms with Crippen LogP contribution in [0.15, 0.2) is 30.6 Å². The highest BCUT2D eigenvalue weighted by Crippen LogP contribution is 2.41. The minimum absolute atomic E-state index is 0.0315. The van der Waals surface area contributed by atoms with Crippen LogP contribution in [0.2, 0.25) is 0 Å². The van der Waals surface area contributed by atoms with Crippen molar-refractivity contribution < 1.29 is 27.2 Å². The molecular weight excluding hydrogens is 506 g/mol. The standard InChI is InChI=1S/C25H29F4N7O2/c1-2-35-19(7-10-31-35)23(38)33-21(15-5-8-24(26,27)9-6-15)18-13-36-20(32-18)4-3-17(34-36)11-16-12-25(28,29)14-30-22(16)37/h3-4,7,10,13,15-16,21H,2,5-6,8-9,11-12,14H2,1H3,(H,30,37)(H,33,38)/t16?,21-/m0/s1. The molecule has 0 radical (unpaired) electrons. The Morgan fingerprint density at radius 2 is 1.95 bits per heavy atom. The first-order valence-corrected chi connectivity index (χ1v) is 12.7. The third kappa shape index (κ3) is 5.51. The molecule has 1 saturated carbocycles. The summed E-state index contributed by atoms with van der Waals surface area (Å²) in [6.45, 7) is 1.68. The predicted molar refractivity (Wildman–Crippen MR) is 128 cm³/mol. The molecule has 3 aromatic rings. The zero-order chi connectivity index (χ0) is 27.1. The molecule has 1 saturated heterocycles. The SMILES string of the molecule is CCn1nccc1C(=O)N[C@H](c1cn2nc(CC3CC(F)(F)CNC3=O)ccc2n1)C1CCC(F)(F)CC1. The topological polar surface area (TPSA) is 106 Å². The average molecular weight is 536 g/mol. The van der Waals surface area contributed by atoms with Gasteiger partial charge in [0.15, 0.2) is 5.65 Å². The fourth-order valence-corrected chi connectivity index (χ4v) is 5.32. The van der Waals surface area contributed by atoms with Crippen LogP contribution < -0.4 is 10.6 Å². The first-order valence-electron chi connectivity index (χ1n) is 12.7. The molecule has 0 bridgehead atoms. The molecule has 4 heterocycles. The monoisotopic (exact) mass is 535 g/mol. The van der Waals surface area contributed by atoms with Crippen LogP contribution in [0.5, 0.6) is 0 Å². The Bertz CT molecular complexity index is 1330. The number of piperidine rings is 1. The lowest BCUT2D eigenvalue weighted by Gasteiger charge is -2.33. The van der Waals surface area contributed by atoms with Crippen LogP contribution in [0.1, 0.15) is 66.9 Å². The van der Waals surface area contributed by atoms with E-state index in [4.69, 9.17) is 0 Å². The minimum atomic E-state index is -2.97. The summed E-state index contributed by atoms with van der Waals surface area (Å²) in [5.74, 6) is -7.71. The lowest BCUT2D eigenvalue weighted by Crippen LogP contribution is -2.48. The van der Waals surface area contributed by atoms with E-state index in [0.29, 0.717) is 29.3 Å². The van der Waals surface area contributed by atoms with Gasteiger partial charge in [0.1, 0.15) is 5.69 Å². The summed E-state index contributed by atoms with van der Waals surface area (Å²) < 4.78 is 58.5. The van der Waals surface area contributed by atoms with Gasteiger partial charge < -0.3 is 10.6 Å². The molecule has 3 aromatic heterocycles. The lowest BCUT2D eigenvalue weighted by atomic mass is 9.81. The molecular formula is C25H29F4N7O2. The van der Waals surface area contributed by atoms with E-state index in [1.165, 1.54) is 10.7 Å². The molecule has 0 spiro atoms. The highest BCUT2D eigenvalue weighted by Gasteiger charge is 2.41. The van der Waals surface area contributed by atoms with Crippen LogP contribution in [0.3, 0.4) is 0 Å². The second-order valence-corrected chi connectivity index (χ2v) is 10.1. The molecule has 1 unspecified atom stereocenters. The number of carbonyl (C=O) groups is 2. The fourth-order valence-electron chi connectivity index (χ4n) is 5.32. The molecule has 2 atom stereocenters. The molecule has 204 valence electrons. The third-order valence-electron chi connectivity index (χ3n) is 7.37. The van der Waals surface area contributed by atoms with Gasteiger partial charge in [-0.2, -0.15) is 10.2 Å². The van der Waals surface area contributed by atoms with Crippen LogP contribution in [-0.4, -0.2) is 54.6 Å². The van der Waals surface area contributed by atoms with Gasteiger partial charge in [-0.05, 0) is 43.9 Å². The second-order valence-electron chi connectivity index (χ2n) is 10.1. The summed E-state index contributed by atoms with van der Waals surface area (Å²) in [7, 11) is 0. The van der Waals surface area contributed by atoms with E-state index in [-0.39, 0.29) is 43.9 Å². The van der Waals surface area contributed by atoms with Crippen molar-refractivity contribution in [2.45, 2.75) is 69.9 Å². The molecule has 2 amide bonds. The molecule has 13 heteroatoms. The van der Waals surface area contributed by atoms with Gasteiger partial charge in [0, 0.05) is 44.3 Å². The molecule has 0 aromatic carbocycles. The van der Waals surface area contributed by atoms with Crippen LogP contribution in [0.4, 0.5) is 17.6 Å². The van der Waals surface area contributed by atoms with E-state index in [1.807, 2.05) is 6.92 Å². The summed E-state index contributed by atoms with van der Waals surface area (Å²) >= 11 is 0. The van der Waals surface area contributed by atoms with E-state index < -0.39 is 42.7 Å². The van der Waals surface area contributed by atoms with Gasteiger partial charge in [0.2, 0.25) is 11.8 Å². The number of nitrogens with zero attached hydrogens (tertiary/aromatic N) is 5. The molecule has 38 heavy (non-hydrogen) atoms. The van der Waals surface area contributed by atoms with Gasteiger partial charge >= 0.3 is 0 Å². The van der Waals surface area contributed by atoms with Crippen molar-refractivity contribution in [2.24, 2.45) is 11.8 Å². The maximum absolute atomic E-state index is 13.9. The number of aromatic nitrogens is 5. The number of amides is 2. The Hall–Kier alpha value is -3.51. The van der Waals surface area contributed by atoms with Crippen LogP contribution >= 0.6 is 0 Å². The summed E-state index contributed by atoms with van der Waals surface area (Å²) in [5.41, 5.74) is 1.69. The van der Waals surface area contributed by atoms with E-state index in [0.717, 1.165) is 0 Å². The molecule has 2 N–H and O–H groups in total. The van der Waals surface area contributed by atoms with E-state index >= 15 is 0 Å². The number of halogens is 4. The van der Waals surface area contributed by atoms with Crippen molar-refractivity contribution in [3.8, 4) is 0 Å². The number of alkyl halides is 4. The van der Waals surface area contributed by atoms with Crippen molar-refractivity contribution in [3.63, 3.8) is 0 Å². The minimum Gasteiger partial charge on any atom is -0.350 e. The molecule has 2 fully saturated rings. The number of hydrogen-bond donors (Lipinski definition) is 2. The van der Waals surface area contributed by atoms with Crippen molar-refractivity contribution in [1.29, 1.82) is 0 Å². The summed E-state index contributed by atoms with van der Waals surface area (Å²) in [6, 6.07) is 4.23. The van der Waals surface area contributed by atoms with E-state index in [2.05, 4.69) is 25.8 Å². The van der Waals surface area contributed by atoms with E-state index in [9.17, 15) is 27.2 Å². The lowest BCUT2D eigenvalue weighted by molar-refractivity contribution is -0.136.